The molecular formula is C16H23N3OS. The van der Waals surface area contributed by atoms with Gasteiger partial charge in [0.2, 0.25) is 0 Å². The average Bonchev–Trinajstić information content (AvgIpc) is 2.98. The van der Waals surface area contributed by atoms with Crippen LogP contribution >= 0.6 is 11.3 Å². The van der Waals surface area contributed by atoms with Crippen molar-refractivity contribution in [1.29, 1.82) is 0 Å². The highest BCUT2D eigenvalue weighted by Crippen LogP contribution is 2.28. The van der Waals surface area contributed by atoms with Gasteiger partial charge in [-0.1, -0.05) is 31.6 Å². The number of unbranched alkanes of at least 4 members (excludes halogenated alkanes) is 1. The van der Waals surface area contributed by atoms with Crippen molar-refractivity contribution in [2.75, 3.05) is 13.2 Å². The van der Waals surface area contributed by atoms with Crippen LogP contribution in [0.1, 0.15) is 44.7 Å². The maximum absolute atomic E-state index is 5.67. The highest BCUT2D eigenvalue weighted by atomic mass is 32.1. The van der Waals surface area contributed by atoms with Crippen LogP contribution in [0.25, 0.3) is 10.6 Å². The first-order valence-corrected chi connectivity index (χ1v) is 8.36. The van der Waals surface area contributed by atoms with Gasteiger partial charge in [-0.15, -0.1) is 10.2 Å². The number of ether oxygens (including phenoxy) is 1. The molecule has 0 aliphatic rings. The Hall–Kier alpha value is -1.46. The molecule has 4 nitrogen and oxygen atoms in total. The highest BCUT2D eigenvalue weighted by molar-refractivity contribution is 7.14. The van der Waals surface area contributed by atoms with Crippen LogP contribution in [0.3, 0.4) is 0 Å². The van der Waals surface area contributed by atoms with Crippen LogP contribution in [0.5, 0.6) is 5.75 Å². The molecule has 0 fully saturated rings. The summed E-state index contributed by atoms with van der Waals surface area (Å²) in [7, 11) is 0. The van der Waals surface area contributed by atoms with Gasteiger partial charge in [0.05, 0.1) is 12.6 Å². The van der Waals surface area contributed by atoms with E-state index in [1.54, 1.807) is 11.3 Å². The van der Waals surface area contributed by atoms with Crippen LogP contribution in [0, 0.1) is 0 Å². The second-order valence-electron chi connectivity index (χ2n) is 4.95. The third-order valence-electron chi connectivity index (χ3n) is 3.19. The number of nitrogens with zero attached hydrogens (tertiary/aromatic N) is 2. The Kier molecular flexibility index (Phi) is 6.14. The van der Waals surface area contributed by atoms with Crippen molar-refractivity contribution < 1.29 is 4.74 Å². The summed E-state index contributed by atoms with van der Waals surface area (Å²) < 4.78 is 5.67. The first kappa shape index (κ1) is 15.9. The monoisotopic (exact) mass is 305 g/mol. The normalized spacial score (nSPS) is 12.3. The van der Waals surface area contributed by atoms with E-state index in [4.69, 9.17) is 4.74 Å². The molecule has 2 rings (SSSR count). The van der Waals surface area contributed by atoms with Crippen molar-refractivity contribution in [3.63, 3.8) is 0 Å². The molecular weight excluding hydrogens is 282 g/mol. The van der Waals surface area contributed by atoms with E-state index in [1.807, 2.05) is 24.3 Å². The Morgan fingerprint density at radius 1 is 1.19 bits per heavy atom. The van der Waals surface area contributed by atoms with Gasteiger partial charge in [-0.05, 0) is 44.2 Å². The maximum atomic E-state index is 5.67. The summed E-state index contributed by atoms with van der Waals surface area (Å²) in [5.74, 6) is 0.915. The van der Waals surface area contributed by atoms with Crippen molar-refractivity contribution in [2.24, 2.45) is 0 Å². The molecule has 0 bridgehead atoms. The smallest absolute Gasteiger partial charge is 0.147 e. The number of rotatable bonds is 8. The number of hydrogen-bond acceptors (Lipinski definition) is 5. The quantitative estimate of drug-likeness (QED) is 0.747. The molecule has 1 heterocycles. The lowest BCUT2D eigenvalue weighted by Gasteiger charge is -2.06. The van der Waals surface area contributed by atoms with Gasteiger partial charge < -0.3 is 10.1 Å². The van der Waals surface area contributed by atoms with Crippen LogP contribution in [0.2, 0.25) is 0 Å². The molecule has 1 atom stereocenters. The molecule has 1 aromatic carbocycles. The van der Waals surface area contributed by atoms with Crippen molar-refractivity contribution >= 4 is 11.3 Å². The first-order valence-electron chi connectivity index (χ1n) is 7.54. The maximum Gasteiger partial charge on any atom is 0.147 e. The predicted molar refractivity (Wildman–Crippen MR) is 87.8 cm³/mol. The predicted octanol–water partition coefficient (Wildman–Crippen LogP) is 4.05. The number of nitrogens with one attached hydrogen (secondary N) is 1. The van der Waals surface area contributed by atoms with E-state index >= 15 is 0 Å². The van der Waals surface area contributed by atoms with Crippen molar-refractivity contribution in [2.45, 2.75) is 39.7 Å². The van der Waals surface area contributed by atoms with Crippen LogP contribution < -0.4 is 10.1 Å². The molecule has 0 amide bonds. The summed E-state index contributed by atoms with van der Waals surface area (Å²) in [6, 6.07) is 8.34. The summed E-state index contributed by atoms with van der Waals surface area (Å²) in [5, 5.41) is 13.9. The Bertz CT molecular complexity index is 539. The zero-order valence-corrected chi connectivity index (χ0v) is 13.7. The Morgan fingerprint density at radius 3 is 2.62 bits per heavy atom. The highest BCUT2D eigenvalue weighted by Gasteiger charge is 2.12. The molecule has 1 aromatic heterocycles. The zero-order valence-electron chi connectivity index (χ0n) is 12.9. The van der Waals surface area contributed by atoms with E-state index in [9.17, 15) is 0 Å². The lowest BCUT2D eigenvalue weighted by molar-refractivity contribution is 0.309. The molecule has 1 N–H and O–H groups in total. The summed E-state index contributed by atoms with van der Waals surface area (Å²) in [4.78, 5) is 0. The van der Waals surface area contributed by atoms with E-state index in [2.05, 4.69) is 36.3 Å². The summed E-state index contributed by atoms with van der Waals surface area (Å²) in [6.07, 6.45) is 2.24. The molecule has 0 radical (unpaired) electrons. The van der Waals surface area contributed by atoms with Crippen LogP contribution in [-0.2, 0) is 0 Å². The second-order valence-corrected chi connectivity index (χ2v) is 5.96. The fourth-order valence-corrected chi connectivity index (χ4v) is 2.82. The van der Waals surface area contributed by atoms with Crippen LogP contribution in [0.15, 0.2) is 24.3 Å². The largest absolute Gasteiger partial charge is 0.494 e. The van der Waals surface area contributed by atoms with Gasteiger partial charge >= 0.3 is 0 Å². The number of benzene rings is 1. The van der Waals surface area contributed by atoms with Gasteiger partial charge in [0.1, 0.15) is 15.8 Å². The first-order chi connectivity index (χ1) is 10.2. The van der Waals surface area contributed by atoms with Crippen molar-refractivity contribution in [3.05, 3.63) is 29.3 Å². The molecule has 114 valence electrons. The van der Waals surface area contributed by atoms with Gasteiger partial charge in [-0.3, -0.25) is 0 Å². The van der Waals surface area contributed by atoms with Gasteiger partial charge in [-0.25, -0.2) is 0 Å². The van der Waals surface area contributed by atoms with Crippen molar-refractivity contribution in [1.82, 2.24) is 15.5 Å². The topological polar surface area (TPSA) is 47.0 Å². The van der Waals surface area contributed by atoms with Crippen LogP contribution in [0.4, 0.5) is 0 Å². The van der Waals surface area contributed by atoms with Gasteiger partial charge in [0.15, 0.2) is 0 Å². The minimum atomic E-state index is 0.248. The van der Waals surface area contributed by atoms with Crippen molar-refractivity contribution in [3.8, 4) is 16.3 Å². The van der Waals surface area contributed by atoms with E-state index in [-0.39, 0.29) is 6.04 Å². The zero-order chi connectivity index (χ0) is 15.1. The molecule has 0 aliphatic heterocycles. The molecule has 0 spiro atoms. The molecule has 21 heavy (non-hydrogen) atoms. The van der Waals surface area contributed by atoms with Crippen LogP contribution in [-0.4, -0.2) is 23.3 Å². The fraction of sp³-hybridized carbons (Fsp3) is 0.500. The number of hydrogen-bond donors (Lipinski definition) is 1. The number of aromatic nitrogens is 2. The molecule has 0 saturated carbocycles. The van der Waals surface area contributed by atoms with Gasteiger partial charge in [-0.2, -0.15) is 0 Å². The molecule has 0 aliphatic carbocycles. The lowest BCUT2D eigenvalue weighted by atomic mass is 10.2. The fourth-order valence-electron chi connectivity index (χ4n) is 1.95. The minimum absolute atomic E-state index is 0.248. The Morgan fingerprint density at radius 2 is 1.95 bits per heavy atom. The summed E-state index contributed by atoms with van der Waals surface area (Å²) >= 11 is 1.64. The third kappa shape index (κ3) is 4.51. The third-order valence-corrected chi connectivity index (χ3v) is 4.34. The minimum Gasteiger partial charge on any atom is -0.494 e. The SMILES string of the molecule is CCCCOc1ccc(-c2nnc(C(C)NCC)s2)cc1. The molecule has 1 unspecified atom stereocenters. The lowest BCUT2D eigenvalue weighted by Crippen LogP contribution is -2.17. The van der Waals surface area contributed by atoms with E-state index in [1.165, 1.54) is 0 Å². The standard InChI is InChI=1S/C16H23N3OS/c1-4-6-11-20-14-9-7-13(8-10-14)16-19-18-15(21-16)12(3)17-5-2/h7-10,12,17H,4-6,11H2,1-3H3. The van der Waals surface area contributed by atoms with E-state index in [0.29, 0.717) is 0 Å². The second kappa shape index (κ2) is 8.10. The van der Waals surface area contributed by atoms with E-state index in [0.717, 1.165) is 47.3 Å². The summed E-state index contributed by atoms with van der Waals surface area (Å²) in [6.45, 7) is 8.07. The summed E-state index contributed by atoms with van der Waals surface area (Å²) in [5.41, 5.74) is 1.09. The average molecular weight is 305 g/mol. The Labute approximate surface area is 130 Å². The van der Waals surface area contributed by atoms with Gasteiger partial charge in [0, 0.05) is 5.56 Å². The van der Waals surface area contributed by atoms with Gasteiger partial charge in [0.25, 0.3) is 0 Å². The Balaban J connectivity index is 2.01. The molecule has 2 aromatic rings. The molecule has 0 saturated heterocycles. The van der Waals surface area contributed by atoms with E-state index < -0.39 is 0 Å². The molecule has 5 heteroatoms.